The van der Waals surface area contributed by atoms with Gasteiger partial charge in [0.2, 0.25) is 5.91 Å². The molecule has 2 atom stereocenters. The molecule has 2 unspecified atom stereocenters. The molecule has 2 heterocycles. The van der Waals surface area contributed by atoms with Gasteiger partial charge >= 0.3 is 0 Å². The smallest absolute Gasteiger partial charge is 0.246 e. The van der Waals surface area contributed by atoms with Crippen LogP contribution in [-0.2, 0) is 14.3 Å². The van der Waals surface area contributed by atoms with E-state index < -0.39 is 12.0 Å². The van der Waals surface area contributed by atoms with Crippen LogP contribution in [0.3, 0.4) is 0 Å². The van der Waals surface area contributed by atoms with E-state index in [0.717, 1.165) is 19.5 Å². The molecule has 0 aromatic carbocycles. The predicted molar refractivity (Wildman–Crippen MR) is 81.4 cm³/mol. The summed E-state index contributed by atoms with van der Waals surface area (Å²) in [6.45, 7) is 3.38. The van der Waals surface area contributed by atoms with Gasteiger partial charge in [-0.1, -0.05) is 0 Å². The van der Waals surface area contributed by atoms with Crippen LogP contribution >= 0.6 is 24.0 Å². The second-order valence-electron chi connectivity index (χ2n) is 4.52. The highest BCUT2D eigenvalue weighted by Gasteiger charge is 2.28. The first-order valence-electron chi connectivity index (χ1n) is 6.24. The van der Waals surface area contributed by atoms with Crippen molar-refractivity contribution in [1.82, 2.24) is 4.90 Å². The van der Waals surface area contributed by atoms with Crippen LogP contribution in [-0.4, -0.2) is 61.8 Å². The Labute approximate surface area is 129 Å². The summed E-state index contributed by atoms with van der Waals surface area (Å²) in [6.07, 6.45) is 0.956. The average Bonchev–Trinajstić information content (AvgIpc) is 2.86. The van der Waals surface area contributed by atoms with Gasteiger partial charge in [-0.2, -0.15) is 0 Å². The van der Waals surface area contributed by atoms with Crippen LogP contribution < -0.4 is 11.5 Å². The highest BCUT2D eigenvalue weighted by Crippen LogP contribution is 2.19. The van der Waals surface area contributed by atoms with Crippen LogP contribution in [0.4, 0.5) is 0 Å². The Hall–Kier alpha value is -0.610. The maximum atomic E-state index is 10.9. The van der Waals surface area contributed by atoms with Crippen LogP contribution in [0.2, 0.25) is 0 Å². The van der Waals surface area contributed by atoms with Gasteiger partial charge in [-0.05, 0) is 12.8 Å². The minimum absolute atomic E-state index is 0. The molecule has 110 valence electrons. The Morgan fingerprint density at radius 3 is 2.53 bits per heavy atom. The molecular formula is C11H21IN4O3. The van der Waals surface area contributed by atoms with E-state index in [4.69, 9.17) is 20.9 Å². The Kier molecular flexibility index (Phi) is 6.80. The number of amides is 1. The van der Waals surface area contributed by atoms with Gasteiger partial charge < -0.3 is 25.8 Å². The van der Waals surface area contributed by atoms with Crippen LogP contribution in [0.15, 0.2) is 4.99 Å². The number of nitrogens with two attached hydrogens (primary N) is 2. The molecule has 2 rings (SSSR count). The largest absolute Gasteiger partial charge is 0.378 e. The summed E-state index contributed by atoms with van der Waals surface area (Å²) in [4.78, 5) is 17.2. The molecule has 2 aliphatic heterocycles. The van der Waals surface area contributed by atoms with Crippen LogP contribution in [0.25, 0.3) is 0 Å². The number of guanidine groups is 1. The molecule has 0 bridgehead atoms. The monoisotopic (exact) mass is 384 g/mol. The van der Waals surface area contributed by atoms with Gasteiger partial charge in [-0.15, -0.1) is 24.0 Å². The number of carbonyl (C=O) groups excluding carboxylic acids is 1. The van der Waals surface area contributed by atoms with E-state index in [0.29, 0.717) is 32.1 Å². The maximum Gasteiger partial charge on any atom is 0.246 e. The summed E-state index contributed by atoms with van der Waals surface area (Å²) in [6, 6.07) is 0. The molecule has 2 aliphatic rings. The molecule has 2 saturated heterocycles. The highest BCUT2D eigenvalue weighted by molar-refractivity contribution is 14.0. The molecule has 0 saturated carbocycles. The second-order valence-corrected chi connectivity index (χ2v) is 4.52. The van der Waals surface area contributed by atoms with Crippen molar-refractivity contribution in [1.29, 1.82) is 0 Å². The molecule has 1 amide bonds. The van der Waals surface area contributed by atoms with Crippen molar-refractivity contribution < 1.29 is 14.3 Å². The minimum Gasteiger partial charge on any atom is -0.378 e. The number of rotatable bonds is 3. The van der Waals surface area contributed by atoms with Crippen LogP contribution in [0.5, 0.6) is 0 Å². The summed E-state index contributed by atoms with van der Waals surface area (Å²) in [5.41, 5.74) is 11.1. The summed E-state index contributed by atoms with van der Waals surface area (Å²) in [5.74, 6) is 0.118. The molecule has 19 heavy (non-hydrogen) atoms. The van der Waals surface area contributed by atoms with E-state index >= 15 is 0 Å². The van der Waals surface area contributed by atoms with E-state index in [9.17, 15) is 4.79 Å². The van der Waals surface area contributed by atoms with Gasteiger partial charge in [0, 0.05) is 13.1 Å². The molecule has 0 aliphatic carbocycles. The van der Waals surface area contributed by atoms with Crippen molar-refractivity contribution in [2.75, 3.05) is 32.8 Å². The summed E-state index contributed by atoms with van der Waals surface area (Å²) in [5, 5.41) is 0. The fourth-order valence-electron chi connectivity index (χ4n) is 2.14. The van der Waals surface area contributed by atoms with Crippen molar-refractivity contribution in [2.45, 2.75) is 25.0 Å². The quantitative estimate of drug-likeness (QED) is 0.380. The Balaban J connectivity index is 0.00000180. The Morgan fingerprint density at radius 2 is 1.95 bits per heavy atom. The second kappa shape index (κ2) is 7.85. The zero-order chi connectivity index (χ0) is 13.0. The summed E-state index contributed by atoms with van der Waals surface area (Å²) in [7, 11) is 0. The van der Waals surface area contributed by atoms with Crippen LogP contribution in [0.1, 0.15) is 12.8 Å². The number of carbonyl (C=O) groups is 1. The van der Waals surface area contributed by atoms with E-state index in [1.165, 1.54) is 0 Å². The third-order valence-corrected chi connectivity index (χ3v) is 3.22. The number of nitrogens with zero attached hydrogens (tertiary/aromatic N) is 2. The summed E-state index contributed by atoms with van der Waals surface area (Å²) < 4.78 is 10.7. The lowest BCUT2D eigenvalue weighted by atomic mass is 10.2. The van der Waals surface area contributed by atoms with E-state index in [2.05, 4.69) is 4.99 Å². The molecule has 8 heteroatoms. The first-order valence-corrected chi connectivity index (χ1v) is 6.24. The zero-order valence-electron chi connectivity index (χ0n) is 10.8. The van der Waals surface area contributed by atoms with E-state index in [1.54, 1.807) is 0 Å². The lowest BCUT2D eigenvalue weighted by Gasteiger charge is -2.27. The topological polar surface area (TPSA) is 103 Å². The lowest BCUT2D eigenvalue weighted by molar-refractivity contribution is -0.128. The third-order valence-electron chi connectivity index (χ3n) is 3.22. The van der Waals surface area contributed by atoms with E-state index in [1.807, 2.05) is 4.90 Å². The van der Waals surface area contributed by atoms with Crippen molar-refractivity contribution >= 4 is 35.8 Å². The lowest BCUT2D eigenvalue weighted by Crippen LogP contribution is -2.45. The number of aliphatic imine (C=N–C) groups is 1. The standard InChI is InChI=1S/C11H20N4O3.HI/c12-10(16)9-2-1-8(18-9)7-14-11(13)15-3-5-17-6-4-15;/h8-9H,1-7H2,(H2,12,16)(H2,13,14);1H. The molecule has 2 fully saturated rings. The predicted octanol–water partition coefficient (Wildman–Crippen LogP) is -0.716. The Morgan fingerprint density at radius 1 is 1.26 bits per heavy atom. The number of morpholine rings is 1. The number of ether oxygens (including phenoxy) is 2. The number of halogens is 1. The minimum atomic E-state index is -0.463. The molecule has 0 aromatic rings. The van der Waals surface area contributed by atoms with Gasteiger partial charge in [0.25, 0.3) is 0 Å². The normalized spacial score (nSPS) is 28.0. The fraction of sp³-hybridized carbons (Fsp3) is 0.818. The summed E-state index contributed by atoms with van der Waals surface area (Å²) >= 11 is 0. The third kappa shape index (κ3) is 4.77. The number of primary amides is 1. The van der Waals surface area contributed by atoms with E-state index in [-0.39, 0.29) is 30.1 Å². The SMILES string of the molecule is I.NC(=O)C1CCC(CN=C(N)N2CCOCC2)O1. The number of hydrogen-bond acceptors (Lipinski definition) is 4. The molecule has 7 nitrogen and oxygen atoms in total. The maximum absolute atomic E-state index is 10.9. The zero-order valence-corrected chi connectivity index (χ0v) is 13.1. The molecule has 4 N–H and O–H groups in total. The Bertz CT molecular complexity index is 334. The molecule has 0 spiro atoms. The molecular weight excluding hydrogens is 363 g/mol. The van der Waals surface area contributed by atoms with Crippen molar-refractivity contribution in [3.63, 3.8) is 0 Å². The average molecular weight is 384 g/mol. The highest BCUT2D eigenvalue weighted by atomic mass is 127. The van der Waals surface area contributed by atoms with Gasteiger partial charge in [-0.3, -0.25) is 9.79 Å². The van der Waals surface area contributed by atoms with Crippen LogP contribution in [0, 0.1) is 0 Å². The van der Waals surface area contributed by atoms with Crippen molar-refractivity contribution in [2.24, 2.45) is 16.5 Å². The molecule has 0 aromatic heterocycles. The number of hydrogen-bond donors (Lipinski definition) is 2. The molecule has 0 radical (unpaired) electrons. The van der Waals surface area contributed by atoms with Crippen molar-refractivity contribution in [3.05, 3.63) is 0 Å². The van der Waals surface area contributed by atoms with Gasteiger partial charge in [-0.25, -0.2) is 0 Å². The van der Waals surface area contributed by atoms with Crippen molar-refractivity contribution in [3.8, 4) is 0 Å². The van der Waals surface area contributed by atoms with Gasteiger partial charge in [0.05, 0.1) is 25.9 Å². The first-order chi connectivity index (χ1) is 8.66. The van der Waals surface area contributed by atoms with Gasteiger partial charge in [0.15, 0.2) is 5.96 Å². The first kappa shape index (κ1) is 16.4. The van der Waals surface area contributed by atoms with Gasteiger partial charge in [0.1, 0.15) is 6.10 Å². The fourth-order valence-corrected chi connectivity index (χ4v) is 2.14.